The summed E-state index contributed by atoms with van der Waals surface area (Å²) in [6.45, 7) is 6.59. The minimum atomic E-state index is 0. The molecular formula is C18H26IN3OS. The van der Waals surface area contributed by atoms with E-state index in [-0.39, 0.29) is 29.4 Å². The first kappa shape index (κ1) is 20.8. The number of thiophene rings is 1. The molecule has 0 aliphatic rings. The lowest BCUT2D eigenvalue weighted by molar-refractivity contribution is 0.321. The number of benzene rings is 1. The molecule has 0 radical (unpaired) electrons. The van der Waals surface area contributed by atoms with Gasteiger partial charge in [-0.2, -0.15) is 0 Å². The molecule has 0 unspecified atom stereocenters. The van der Waals surface area contributed by atoms with Gasteiger partial charge in [0.1, 0.15) is 12.4 Å². The summed E-state index contributed by atoms with van der Waals surface area (Å²) in [6, 6.07) is 14.1. The molecule has 0 saturated carbocycles. The van der Waals surface area contributed by atoms with Crippen LogP contribution in [-0.4, -0.2) is 32.7 Å². The van der Waals surface area contributed by atoms with E-state index in [0.29, 0.717) is 13.2 Å². The van der Waals surface area contributed by atoms with Gasteiger partial charge in [0, 0.05) is 23.9 Å². The largest absolute Gasteiger partial charge is 0.492 e. The van der Waals surface area contributed by atoms with Crippen molar-refractivity contribution < 1.29 is 4.74 Å². The van der Waals surface area contributed by atoms with Gasteiger partial charge in [-0.1, -0.05) is 38.1 Å². The summed E-state index contributed by atoms with van der Waals surface area (Å²) in [6.07, 6.45) is 0. The summed E-state index contributed by atoms with van der Waals surface area (Å²) < 4.78 is 5.66. The Bertz CT molecular complexity index is 600. The highest BCUT2D eigenvalue weighted by atomic mass is 127. The third-order valence-corrected chi connectivity index (χ3v) is 4.75. The third kappa shape index (κ3) is 6.68. The Balaban J connectivity index is 0.00000288. The number of nitrogens with zero attached hydrogens (tertiary/aromatic N) is 1. The number of hydrogen-bond acceptors (Lipinski definition) is 3. The van der Waals surface area contributed by atoms with E-state index in [2.05, 4.69) is 47.0 Å². The second-order valence-electron chi connectivity index (χ2n) is 5.88. The molecule has 2 N–H and O–H groups in total. The zero-order chi connectivity index (χ0) is 16.5. The van der Waals surface area contributed by atoms with Crippen LogP contribution in [0, 0.1) is 0 Å². The van der Waals surface area contributed by atoms with Crippen LogP contribution >= 0.6 is 35.3 Å². The zero-order valence-electron chi connectivity index (χ0n) is 14.4. The molecule has 1 heterocycles. The van der Waals surface area contributed by atoms with Crippen LogP contribution in [0.4, 0.5) is 0 Å². The number of hydrogen-bond donors (Lipinski definition) is 2. The number of nitrogens with one attached hydrogen (secondary N) is 2. The molecule has 132 valence electrons. The Morgan fingerprint density at radius 2 is 1.88 bits per heavy atom. The summed E-state index contributed by atoms with van der Waals surface area (Å²) in [4.78, 5) is 5.63. The molecule has 24 heavy (non-hydrogen) atoms. The molecule has 0 amide bonds. The Morgan fingerprint density at radius 3 is 2.50 bits per heavy atom. The van der Waals surface area contributed by atoms with Gasteiger partial charge >= 0.3 is 0 Å². The molecule has 0 atom stereocenters. The Kier molecular flexibility index (Phi) is 9.13. The number of para-hydroxylation sites is 1. The van der Waals surface area contributed by atoms with Crippen molar-refractivity contribution in [2.45, 2.75) is 19.3 Å². The number of rotatable bonds is 7. The van der Waals surface area contributed by atoms with Crippen LogP contribution in [-0.2, 0) is 5.41 Å². The Morgan fingerprint density at radius 1 is 1.12 bits per heavy atom. The fraction of sp³-hybridized carbons (Fsp3) is 0.389. The second kappa shape index (κ2) is 10.6. The van der Waals surface area contributed by atoms with Gasteiger partial charge in [0.05, 0.1) is 6.54 Å². The summed E-state index contributed by atoms with van der Waals surface area (Å²) in [5.41, 5.74) is 0.0757. The molecule has 2 aromatic rings. The molecule has 0 bridgehead atoms. The van der Waals surface area contributed by atoms with Gasteiger partial charge < -0.3 is 15.4 Å². The van der Waals surface area contributed by atoms with Gasteiger partial charge in [-0.3, -0.25) is 4.99 Å². The highest BCUT2D eigenvalue weighted by Gasteiger charge is 2.21. The van der Waals surface area contributed by atoms with Crippen molar-refractivity contribution >= 4 is 41.3 Å². The van der Waals surface area contributed by atoms with Crippen molar-refractivity contribution in [2.75, 3.05) is 26.7 Å². The second-order valence-corrected chi connectivity index (χ2v) is 6.82. The molecular weight excluding hydrogens is 433 g/mol. The Labute approximate surface area is 165 Å². The molecule has 0 fully saturated rings. The van der Waals surface area contributed by atoms with Crippen molar-refractivity contribution in [1.29, 1.82) is 0 Å². The summed E-state index contributed by atoms with van der Waals surface area (Å²) in [7, 11) is 1.78. The predicted octanol–water partition coefficient (Wildman–Crippen LogP) is 3.89. The third-order valence-electron chi connectivity index (χ3n) is 3.52. The minimum absolute atomic E-state index is 0. The van der Waals surface area contributed by atoms with E-state index in [1.165, 1.54) is 4.88 Å². The molecule has 0 spiro atoms. The first-order valence-corrected chi connectivity index (χ1v) is 8.66. The van der Waals surface area contributed by atoms with E-state index in [1.54, 1.807) is 18.4 Å². The van der Waals surface area contributed by atoms with E-state index in [0.717, 1.165) is 18.3 Å². The van der Waals surface area contributed by atoms with Crippen LogP contribution in [0.3, 0.4) is 0 Å². The molecule has 0 saturated heterocycles. The molecule has 1 aromatic heterocycles. The number of halogens is 1. The number of aliphatic imine (C=N–C) groups is 1. The van der Waals surface area contributed by atoms with Crippen LogP contribution in [0.2, 0.25) is 0 Å². The lowest BCUT2D eigenvalue weighted by Gasteiger charge is -2.25. The van der Waals surface area contributed by atoms with Crippen LogP contribution in [0.1, 0.15) is 18.7 Å². The Hall–Kier alpha value is -1.28. The molecule has 0 aliphatic carbocycles. The quantitative estimate of drug-likeness (QED) is 0.286. The molecule has 2 rings (SSSR count). The van der Waals surface area contributed by atoms with E-state index in [4.69, 9.17) is 4.74 Å². The lowest BCUT2D eigenvalue weighted by Crippen LogP contribution is -2.44. The summed E-state index contributed by atoms with van der Waals surface area (Å²) in [5, 5.41) is 8.78. The van der Waals surface area contributed by atoms with Crippen molar-refractivity contribution in [2.24, 2.45) is 4.99 Å². The van der Waals surface area contributed by atoms with Crippen molar-refractivity contribution in [3.05, 3.63) is 52.7 Å². The standard InChI is InChI=1S/C18H25N3OS.HI/c1-18(2,16-10-7-13-23-16)14-21-17(19-3)20-11-12-22-15-8-5-4-6-9-15;/h4-10,13H,11-12,14H2,1-3H3,(H2,19,20,21);1H. The lowest BCUT2D eigenvalue weighted by atomic mass is 9.91. The van der Waals surface area contributed by atoms with Gasteiger partial charge in [-0.05, 0) is 23.6 Å². The molecule has 6 heteroatoms. The van der Waals surface area contributed by atoms with Crippen LogP contribution in [0.25, 0.3) is 0 Å². The van der Waals surface area contributed by atoms with Crippen molar-refractivity contribution in [3.8, 4) is 5.75 Å². The number of ether oxygens (including phenoxy) is 1. The van der Waals surface area contributed by atoms with Crippen molar-refractivity contribution in [3.63, 3.8) is 0 Å². The van der Waals surface area contributed by atoms with E-state index < -0.39 is 0 Å². The average molecular weight is 459 g/mol. The fourth-order valence-corrected chi connectivity index (χ4v) is 2.98. The van der Waals surface area contributed by atoms with Gasteiger partial charge in [0.15, 0.2) is 5.96 Å². The summed E-state index contributed by atoms with van der Waals surface area (Å²) in [5.74, 6) is 1.68. The maximum atomic E-state index is 5.66. The summed E-state index contributed by atoms with van der Waals surface area (Å²) >= 11 is 1.79. The first-order valence-electron chi connectivity index (χ1n) is 7.78. The highest BCUT2D eigenvalue weighted by molar-refractivity contribution is 14.0. The average Bonchev–Trinajstić information content (AvgIpc) is 3.10. The van der Waals surface area contributed by atoms with Gasteiger partial charge in [0.2, 0.25) is 0 Å². The molecule has 1 aromatic carbocycles. The maximum absolute atomic E-state index is 5.66. The SMILES string of the molecule is CN=C(NCCOc1ccccc1)NCC(C)(C)c1cccs1.I. The maximum Gasteiger partial charge on any atom is 0.191 e. The fourth-order valence-electron chi connectivity index (χ4n) is 2.13. The highest BCUT2D eigenvalue weighted by Crippen LogP contribution is 2.26. The van der Waals surface area contributed by atoms with Gasteiger partial charge in [-0.25, -0.2) is 0 Å². The smallest absolute Gasteiger partial charge is 0.191 e. The van der Waals surface area contributed by atoms with Gasteiger partial charge in [0.25, 0.3) is 0 Å². The van der Waals surface area contributed by atoms with E-state index in [9.17, 15) is 0 Å². The van der Waals surface area contributed by atoms with Gasteiger partial charge in [-0.15, -0.1) is 35.3 Å². The monoisotopic (exact) mass is 459 g/mol. The van der Waals surface area contributed by atoms with E-state index in [1.807, 2.05) is 30.3 Å². The van der Waals surface area contributed by atoms with E-state index >= 15 is 0 Å². The minimum Gasteiger partial charge on any atom is -0.492 e. The van der Waals surface area contributed by atoms with Crippen LogP contribution < -0.4 is 15.4 Å². The van der Waals surface area contributed by atoms with Crippen molar-refractivity contribution in [1.82, 2.24) is 10.6 Å². The van der Waals surface area contributed by atoms with Crippen LogP contribution in [0.15, 0.2) is 52.8 Å². The zero-order valence-corrected chi connectivity index (χ0v) is 17.6. The topological polar surface area (TPSA) is 45.7 Å². The molecule has 0 aliphatic heterocycles. The number of guanidine groups is 1. The van der Waals surface area contributed by atoms with Crippen LogP contribution in [0.5, 0.6) is 5.75 Å². The predicted molar refractivity (Wildman–Crippen MR) is 114 cm³/mol. The molecule has 4 nitrogen and oxygen atoms in total. The first-order chi connectivity index (χ1) is 11.1. The normalized spacial score (nSPS) is 11.5.